The Morgan fingerprint density at radius 1 is 1.16 bits per heavy atom. The third-order valence-electron chi connectivity index (χ3n) is 5.55. The summed E-state index contributed by atoms with van der Waals surface area (Å²) in [5.41, 5.74) is 2.39. The van der Waals surface area contributed by atoms with Crippen molar-refractivity contribution in [3.05, 3.63) is 51.1 Å². The van der Waals surface area contributed by atoms with Crippen LogP contribution in [0.3, 0.4) is 0 Å². The molecule has 0 N–H and O–H groups in total. The first-order valence-corrected chi connectivity index (χ1v) is 22.9. The number of rotatable bonds is 14. The van der Waals surface area contributed by atoms with Crippen molar-refractivity contribution in [3.63, 3.8) is 0 Å². The molecule has 0 aliphatic rings. The second-order valence-electron chi connectivity index (χ2n) is 9.60. The Bertz CT molecular complexity index is 750. The number of hydrogen-bond donors (Lipinski definition) is 0. The Balaban J connectivity index is 2.35. The summed E-state index contributed by atoms with van der Waals surface area (Å²) in [6, 6.07) is 7.96. The van der Waals surface area contributed by atoms with Gasteiger partial charge in [0.1, 0.15) is 5.75 Å². The first kappa shape index (κ1) is 29.5. The van der Waals surface area contributed by atoms with Crippen LogP contribution >= 0.6 is 22.6 Å². The van der Waals surface area contributed by atoms with Gasteiger partial charge in [-0.05, 0) is 17.7 Å². The molecular weight excluding hydrogens is 622 g/mol. The van der Waals surface area contributed by atoms with Crippen LogP contribution in [0.25, 0.3) is 0 Å². The summed E-state index contributed by atoms with van der Waals surface area (Å²) in [4.78, 5) is 19.2. The maximum absolute atomic E-state index is 12.3. The van der Waals surface area contributed by atoms with Crippen LogP contribution in [0.5, 0.6) is 5.75 Å². The van der Waals surface area contributed by atoms with Gasteiger partial charge in [-0.25, -0.2) is 0 Å². The average molecular weight is 663 g/mol. The number of esters is 1. The van der Waals surface area contributed by atoms with Crippen molar-refractivity contribution in [2.45, 2.75) is 67.6 Å². The fourth-order valence-corrected chi connectivity index (χ4v) is 5.14. The Morgan fingerprint density at radius 2 is 1.81 bits per heavy atom. The van der Waals surface area contributed by atoms with E-state index in [0.717, 1.165) is 35.0 Å². The number of alkyl halides is 1. The first-order valence-electron chi connectivity index (χ1n) is 11.4. The summed E-state index contributed by atoms with van der Waals surface area (Å²) < 4.78 is 18.8. The van der Waals surface area contributed by atoms with E-state index in [1.807, 2.05) is 24.3 Å². The van der Waals surface area contributed by atoms with Crippen LogP contribution in [0.15, 0.2) is 45.6 Å². The SMILES string of the molecule is COc1ccc(COC/C(C)=C/CC[C@@H](C)CC(CI)OC(=O)/C=[C](\C)[Sn]([CH3])([CH3])[CH3])cc1. The molecule has 1 rings (SSSR count). The van der Waals surface area contributed by atoms with E-state index in [9.17, 15) is 4.79 Å². The largest absolute Gasteiger partial charge is 0.0530 e. The summed E-state index contributed by atoms with van der Waals surface area (Å²) in [5.74, 6) is 1.18. The molecule has 0 aliphatic carbocycles. The number of ether oxygens (including phenoxy) is 3. The van der Waals surface area contributed by atoms with E-state index in [-0.39, 0.29) is 12.1 Å². The van der Waals surface area contributed by atoms with E-state index in [1.165, 1.54) is 9.16 Å². The molecule has 0 heterocycles. The maximum atomic E-state index is 12.3. The van der Waals surface area contributed by atoms with Crippen molar-refractivity contribution in [2.75, 3.05) is 18.1 Å². The zero-order valence-electron chi connectivity index (χ0n) is 20.9. The van der Waals surface area contributed by atoms with Gasteiger partial charge in [0.05, 0.1) is 13.7 Å². The van der Waals surface area contributed by atoms with Crippen molar-refractivity contribution in [1.82, 2.24) is 0 Å². The second kappa shape index (κ2) is 15.4. The molecule has 180 valence electrons. The summed E-state index contributed by atoms with van der Waals surface area (Å²) in [6.45, 7) is 7.67. The van der Waals surface area contributed by atoms with E-state index in [1.54, 1.807) is 13.2 Å². The molecule has 1 aromatic rings. The van der Waals surface area contributed by atoms with E-state index in [2.05, 4.69) is 64.3 Å². The van der Waals surface area contributed by atoms with Gasteiger partial charge in [-0.2, -0.15) is 0 Å². The summed E-state index contributed by atoms with van der Waals surface area (Å²) in [6.07, 6.45) is 6.97. The molecule has 32 heavy (non-hydrogen) atoms. The van der Waals surface area contributed by atoms with Crippen molar-refractivity contribution < 1.29 is 19.0 Å². The minimum Gasteiger partial charge on any atom is -0.0530 e. The van der Waals surface area contributed by atoms with Crippen LogP contribution in [0.2, 0.25) is 14.8 Å². The summed E-state index contributed by atoms with van der Waals surface area (Å²) in [7, 11) is 1.67. The molecule has 6 heteroatoms. The van der Waals surface area contributed by atoms with Crippen LogP contribution in [0.4, 0.5) is 0 Å². The van der Waals surface area contributed by atoms with Gasteiger partial charge in [0, 0.05) is 0 Å². The predicted molar refractivity (Wildman–Crippen MR) is 145 cm³/mol. The monoisotopic (exact) mass is 664 g/mol. The fraction of sp³-hybridized carbons (Fsp3) is 0.577. The number of allylic oxidation sites excluding steroid dienone is 2. The van der Waals surface area contributed by atoms with Gasteiger partial charge >= 0.3 is 156 Å². The third kappa shape index (κ3) is 12.6. The number of carbonyl (C=O) groups is 1. The number of carbonyl (C=O) groups excluding carboxylic acids is 1. The normalized spacial score (nSPS) is 14.8. The standard InChI is InChI=1S/C23H32IO4.3CH3.Sn/c1-5-7-23(25)28-22(15-24)14-18(2)8-6-9-19(3)16-27-17-20-10-12-21(26-4)13-11-20;;;;/h7,9-13,18,22H,6,8,14-17H2,1-4H3;3*1H3;/b7-5?,19-9+;;;;/t18-,22?;;;;/m1..../s1. The Labute approximate surface area is 213 Å². The molecular formula is C26H41IO4Sn. The van der Waals surface area contributed by atoms with E-state index in [4.69, 9.17) is 14.2 Å². The smallest absolute Gasteiger partial charge is 0.0196 e. The topological polar surface area (TPSA) is 44.8 Å². The third-order valence-corrected chi connectivity index (χ3v) is 13.7. The van der Waals surface area contributed by atoms with Gasteiger partial charge in [-0.15, -0.1) is 0 Å². The number of methoxy groups -OCH3 is 1. The molecule has 0 saturated carbocycles. The molecule has 0 bridgehead atoms. The van der Waals surface area contributed by atoms with Crippen LogP contribution in [0, 0.1) is 5.92 Å². The van der Waals surface area contributed by atoms with Gasteiger partial charge < -0.3 is 9.47 Å². The minimum atomic E-state index is -2.17. The van der Waals surface area contributed by atoms with E-state index < -0.39 is 18.4 Å². The van der Waals surface area contributed by atoms with E-state index in [0.29, 0.717) is 19.1 Å². The van der Waals surface area contributed by atoms with Crippen molar-refractivity contribution >= 4 is 46.9 Å². The van der Waals surface area contributed by atoms with Gasteiger partial charge in [0.15, 0.2) is 0 Å². The Kier molecular flexibility index (Phi) is 14.2. The molecule has 0 radical (unpaired) electrons. The molecule has 1 unspecified atom stereocenters. The molecule has 4 nitrogen and oxygen atoms in total. The van der Waals surface area contributed by atoms with Crippen LogP contribution in [0.1, 0.15) is 45.6 Å². The first-order chi connectivity index (χ1) is 15.0. The van der Waals surface area contributed by atoms with Crippen molar-refractivity contribution in [3.8, 4) is 5.75 Å². The predicted octanol–water partition coefficient (Wildman–Crippen LogP) is 7.14. The van der Waals surface area contributed by atoms with Crippen LogP contribution in [-0.4, -0.2) is 48.6 Å². The Morgan fingerprint density at radius 3 is 2.38 bits per heavy atom. The molecule has 0 aliphatic heterocycles. The van der Waals surface area contributed by atoms with Crippen molar-refractivity contribution in [1.29, 1.82) is 0 Å². The average Bonchev–Trinajstić information content (AvgIpc) is 2.73. The van der Waals surface area contributed by atoms with Crippen LogP contribution < -0.4 is 4.74 Å². The van der Waals surface area contributed by atoms with E-state index >= 15 is 0 Å². The number of hydrogen-bond acceptors (Lipinski definition) is 4. The molecule has 0 amide bonds. The van der Waals surface area contributed by atoms with Gasteiger partial charge in [0.25, 0.3) is 0 Å². The molecule has 0 spiro atoms. The number of halogens is 1. The zero-order chi connectivity index (χ0) is 24.1. The van der Waals surface area contributed by atoms with Crippen LogP contribution in [-0.2, 0) is 20.9 Å². The zero-order valence-corrected chi connectivity index (χ0v) is 25.9. The fourth-order valence-electron chi connectivity index (χ4n) is 3.03. The Hall–Kier alpha value is -0.541. The van der Waals surface area contributed by atoms with Gasteiger partial charge in [-0.1, -0.05) is 12.1 Å². The molecule has 0 fully saturated rings. The summed E-state index contributed by atoms with van der Waals surface area (Å²) >= 11 is 0.148. The molecule has 1 aromatic carbocycles. The second-order valence-corrected chi connectivity index (χ2v) is 25.6. The van der Waals surface area contributed by atoms with Gasteiger partial charge in [0.2, 0.25) is 0 Å². The molecule has 0 aromatic heterocycles. The molecule has 2 atom stereocenters. The molecule has 0 saturated heterocycles. The minimum absolute atomic E-state index is 0.0183. The summed E-state index contributed by atoms with van der Waals surface area (Å²) in [5, 5.41) is 0. The van der Waals surface area contributed by atoms with Gasteiger partial charge in [-0.3, -0.25) is 0 Å². The van der Waals surface area contributed by atoms with Crippen molar-refractivity contribution in [2.24, 2.45) is 5.92 Å². The maximum Gasteiger partial charge on any atom is -0.0196 e. The number of benzene rings is 1. The quantitative estimate of drug-likeness (QED) is 0.0531.